The van der Waals surface area contributed by atoms with Gasteiger partial charge in [0.1, 0.15) is 5.82 Å². The van der Waals surface area contributed by atoms with Gasteiger partial charge in [-0.3, -0.25) is 0 Å². The fraction of sp³-hybridized carbons (Fsp3) is 0.0909. The summed E-state index contributed by atoms with van der Waals surface area (Å²) in [5.41, 5.74) is 0. The van der Waals surface area contributed by atoms with Gasteiger partial charge in [0.25, 0.3) is 0 Å². The van der Waals surface area contributed by atoms with Gasteiger partial charge in [-0.25, -0.2) is 22.0 Å². The van der Waals surface area contributed by atoms with Crippen molar-refractivity contribution < 1.29 is 43.7 Å². The van der Waals surface area contributed by atoms with Gasteiger partial charge in [-0.05, 0) is 0 Å². The first-order valence-electron chi connectivity index (χ1n) is 5.07. The van der Waals surface area contributed by atoms with Gasteiger partial charge in [0.15, 0.2) is 29.0 Å². The highest BCUT2D eigenvalue weighted by Gasteiger charge is 2.27. The van der Waals surface area contributed by atoms with Crippen LogP contribution in [0.25, 0.3) is 10.8 Å². The van der Waals surface area contributed by atoms with Gasteiger partial charge >= 0.3 is 10.6 Å². The van der Waals surface area contributed by atoms with Gasteiger partial charge in [-0.2, -0.15) is 4.39 Å². The zero-order chi connectivity index (χ0) is 17.2. The molecule has 0 fully saturated rings. The molecule has 120 valence electrons. The Labute approximate surface area is 120 Å². The Bertz CT molecular complexity index is 843. The largest absolute Gasteiger partial charge is 0.491 e. The van der Waals surface area contributed by atoms with E-state index in [1.165, 1.54) is 0 Å². The number of rotatable bonds is 1. The van der Waals surface area contributed by atoms with E-state index in [0.717, 1.165) is 7.11 Å². The van der Waals surface area contributed by atoms with E-state index in [2.05, 4.69) is 4.74 Å². The first-order valence-corrected chi connectivity index (χ1v) is 6.07. The Morgan fingerprint density at radius 1 is 0.773 bits per heavy atom. The Morgan fingerprint density at radius 3 is 1.73 bits per heavy atom. The van der Waals surface area contributed by atoms with Crippen LogP contribution in [-0.2, 0) is 10.6 Å². The predicted molar refractivity (Wildman–Crippen MR) is 59.9 cm³/mol. The van der Waals surface area contributed by atoms with Crippen LogP contribution in [0.4, 0.5) is 26.3 Å². The van der Waals surface area contributed by atoms with E-state index < -0.39 is 62.0 Å². The maximum absolute atomic E-state index is 13.6. The molecule has 0 bridgehead atoms. The third-order valence-corrected chi connectivity index (χ3v) is 2.41. The fourth-order valence-corrected chi connectivity index (χ4v) is 1.61. The minimum absolute atomic E-state index is 0.00605. The third kappa shape index (κ3) is 3.13. The van der Waals surface area contributed by atoms with E-state index in [1.54, 1.807) is 0 Å². The molecule has 22 heavy (non-hydrogen) atoms. The molecular weight excluding hydrogens is 342 g/mol. The maximum Gasteiger partial charge on any atom is 0.425 e. The van der Waals surface area contributed by atoms with Crippen molar-refractivity contribution in [3.05, 3.63) is 41.0 Å². The summed E-state index contributed by atoms with van der Waals surface area (Å²) in [6, 6.07) is 0.00605. The van der Waals surface area contributed by atoms with Crippen molar-refractivity contribution in [3.8, 4) is 5.75 Å². The highest BCUT2D eigenvalue weighted by molar-refractivity contribution is 7.59. The van der Waals surface area contributed by atoms with Crippen molar-refractivity contribution in [2.24, 2.45) is 0 Å². The zero-order valence-electron chi connectivity index (χ0n) is 10.4. The standard InChI is InChI=1S/C11H4F6O.O3S/c1-18-11-9(16)6-5(8(15)10(11)17)3(12)2-4(13)7(6)14;1-4(2)3/h2H,1H3;. The second kappa shape index (κ2) is 6.64. The SMILES string of the molecule is COc1c(F)c(F)c2c(F)cc(F)c(F)c2c1F.O=S(=O)=O. The Balaban J connectivity index is 0.000000541. The molecule has 0 aliphatic rings. The minimum Gasteiger partial charge on any atom is -0.491 e. The van der Waals surface area contributed by atoms with E-state index >= 15 is 0 Å². The maximum atomic E-state index is 13.6. The van der Waals surface area contributed by atoms with Gasteiger partial charge in [-0.1, -0.05) is 0 Å². The normalized spacial score (nSPS) is 10.1. The first-order chi connectivity index (χ1) is 10.1. The summed E-state index contributed by atoms with van der Waals surface area (Å²) in [5, 5.41) is -2.63. The van der Waals surface area contributed by atoms with Crippen LogP contribution in [-0.4, -0.2) is 19.7 Å². The monoisotopic (exact) mass is 346 g/mol. The van der Waals surface area contributed by atoms with Gasteiger partial charge in [0.2, 0.25) is 5.82 Å². The summed E-state index contributed by atoms with van der Waals surface area (Å²) in [5.74, 6) is -11.8. The number of methoxy groups -OCH3 is 1. The average Bonchev–Trinajstić information content (AvgIpc) is 2.40. The molecule has 0 unspecified atom stereocenters. The summed E-state index contributed by atoms with van der Waals surface area (Å²) >= 11 is 0. The second-order valence-electron chi connectivity index (χ2n) is 3.58. The van der Waals surface area contributed by atoms with E-state index in [4.69, 9.17) is 12.6 Å². The van der Waals surface area contributed by atoms with Crippen LogP contribution < -0.4 is 4.74 Å². The van der Waals surface area contributed by atoms with Gasteiger partial charge in [-0.15, -0.1) is 12.6 Å². The molecule has 2 aromatic carbocycles. The third-order valence-electron chi connectivity index (χ3n) is 2.41. The van der Waals surface area contributed by atoms with Crippen molar-refractivity contribution in [2.45, 2.75) is 0 Å². The topological polar surface area (TPSA) is 60.4 Å². The fourth-order valence-electron chi connectivity index (χ4n) is 1.61. The lowest BCUT2D eigenvalue weighted by Gasteiger charge is -2.10. The number of benzene rings is 2. The van der Waals surface area contributed by atoms with E-state index in [-0.39, 0.29) is 6.07 Å². The molecule has 0 aromatic heterocycles. The van der Waals surface area contributed by atoms with Gasteiger partial charge in [0, 0.05) is 6.07 Å². The Kier molecular flexibility index (Phi) is 5.36. The molecule has 0 saturated heterocycles. The number of ether oxygens (including phenoxy) is 1. The molecule has 0 N–H and O–H groups in total. The highest BCUT2D eigenvalue weighted by atomic mass is 32.2. The van der Waals surface area contributed by atoms with Crippen LogP contribution in [0.5, 0.6) is 5.75 Å². The first kappa shape index (κ1) is 17.8. The average molecular weight is 346 g/mol. The van der Waals surface area contributed by atoms with Crippen molar-refractivity contribution in [1.82, 2.24) is 0 Å². The lowest BCUT2D eigenvalue weighted by atomic mass is 10.1. The Hall–Kier alpha value is -2.30. The summed E-state index contributed by atoms with van der Waals surface area (Å²) in [6.07, 6.45) is 0. The lowest BCUT2D eigenvalue weighted by molar-refractivity contribution is 0.349. The molecule has 0 atom stereocenters. The van der Waals surface area contributed by atoms with Gasteiger partial charge < -0.3 is 4.74 Å². The smallest absolute Gasteiger partial charge is 0.425 e. The zero-order valence-corrected chi connectivity index (χ0v) is 11.2. The number of hydrogen-bond acceptors (Lipinski definition) is 4. The number of hydrogen-bond donors (Lipinski definition) is 0. The molecule has 4 nitrogen and oxygen atoms in total. The number of fused-ring (bicyclic) bond motifs is 1. The van der Waals surface area contributed by atoms with Crippen LogP contribution in [0.1, 0.15) is 0 Å². The summed E-state index contributed by atoms with van der Waals surface area (Å²) in [7, 11) is -2.31. The van der Waals surface area contributed by atoms with Crippen LogP contribution in [0, 0.1) is 34.9 Å². The molecule has 0 amide bonds. The van der Waals surface area contributed by atoms with Crippen molar-refractivity contribution in [1.29, 1.82) is 0 Å². The van der Waals surface area contributed by atoms with Crippen LogP contribution in [0.15, 0.2) is 6.07 Å². The van der Waals surface area contributed by atoms with E-state index in [9.17, 15) is 26.3 Å². The molecule has 0 heterocycles. The molecule has 2 rings (SSSR count). The second-order valence-corrected chi connectivity index (χ2v) is 3.99. The Morgan fingerprint density at radius 2 is 1.27 bits per heavy atom. The molecule has 0 radical (unpaired) electrons. The number of halogens is 6. The van der Waals surface area contributed by atoms with Crippen molar-refractivity contribution >= 4 is 21.4 Å². The molecular formula is C11H4F6O4S. The van der Waals surface area contributed by atoms with Gasteiger partial charge in [0.05, 0.1) is 17.9 Å². The summed E-state index contributed by atoms with van der Waals surface area (Å²) in [4.78, 5) is 0. The van der Waals surface area contributed by atoms with E-state index in [0.29, 0.717) is 0 Å². The molecule has 0 aliphatic heterocycles. The van der Waals surface area contributed by atoms with Crippen LogP contribution >= 0.6 is 0 Å². The quantitative estimate of drug-likeness (QED) is 0.588. The van der Waals surface area contributed by atoms with E-state index in [1.807, 2.05) is 0 Å². The molecule has 0 spiro atoms. The molecule has 2 aromatic rings. The summed E-state index contributed by atoms with van der Waals surface area (Å²) in [6.45, 7) is 0. The van der Waals surface area contributed by atoms with Crippen LogP contribution in [0.2, 0.25) is 0 Å². The van der Waals surface area contributed by atoms with Crippen molar-refractivity contribution in [2.75, 3.05) is 7.11 Å². The highest BCUT2D eigenvalue weighted by Crippen LogP contribution is 2.36. The predicted octanol–water partition coefficient (Wildman–Crippen LogP) is 2.68. The van der Waals surface area contributed by atoms with Crippen LogP contribution in [0.3, 0.4) is 0 Å². The minimum atomic E-state index is -3.11. The molecule has 0 aliphatic carbocycles. The van der Waals surface area contributed by atoms with Crippen molar-refractivity contribution in [3.63, 3.8) is 0 Å². The summed E-state index contributed by atoms with van der Waals surface area (Å²) < 4.78 is 109. The molecule has 11 heteroatoms. The lowest BCUT2D eigenvalue weighted by Crippen LogP contribution is -2.03. The molecule has 0 saturated carbocycles.